The van der Waals surface area contributed by atoms with Crippen LogP contribution in [0.25, 0.3) is 0 Å². The first-order chi connectivity index (χ1) is 7.63. The number of hydrogen-bond donors (Lipinski definition) is 1. The number of nitrogens with zero attached hydrogens (tertiary/aromatic N) is 1. The van der Waals surface area contributed by atoms with Crippen LogP contribution in [0.5, 0.6) is 0 Å². The van der Waals surface area contributed by atoms with Crippen LogP contribution in [-0.4, -0.2) is 39.0 Å². The lowest BCUT2D eigenvalue weighted by atomic mass is 9.86. The maximum atomic E-state index is 12.5. The minimum atomic E-state index is -4.23. The minimum absolute atomic E-state index is 0.0870. The molecule has 2 atom stereocenters. The number of alkyl halides is 3. The fraction of sp³-hybridized carbons (Fsp3) is 1.00. The Labute approximate surface area is 99.4 Å². The van der Waals surface area contributed by atoms with Gasteiger partial charge in [0.1, 0.15) is 0 Å². The highest BCUT2D eigenvalue weighted by molar-refractivity contribution is 7.87. The van der Waals surface area contributed by atoms with E-state index in [2.05, 4.69) is 4.72 Å². The highest BCUT2D eigenvalue weighted by atomic mass is 32.2. The normalized spacial score (nSPS) is 27.4. The lowest BCUT2D eigenvalue weighted by Gasteiger charge is -2.31. The molecular weight excluding hydrogens is 257 g/mol. The number of rotatable bonds is 3. The van der Waals surface area contributed by atoms with Crippen molar-refractivity contribution < 1.29 is 21.6 Å². The molecule has 1 aliphatic rings. The highest BCUT2D eigenvalue weighted by Crippen LogP contribution is 2.37. The molecule has 0 aliphatic heterocycles. The van der Waals surface area contributed by atoms with E-state index in [1.807, 2.05) is 0 Å². The van der Waals surface area contributed by atoms with E-state index in [9.17, 15) is 21.6 Å². The Hall–Kier alpha value is -0.340. The Morgan fingerprint density at radius 3 is 2.29 bits per heavy atom. The van der Waals surface area contributed by atoms with E-state index < -0.39 is 28.3 Å². The summed E-state index contributed by atoms with van der Waals surface area (Å²) in [4.78, 5) is 0. The van der Waals surface area contributed by atoms with Crippen LogP contribution in [0.3, 0.4) is 0 Å². The van der Waals surface area contributed by atoms with Gasteiger partial charge in [-0.2, -0.15) is 30.6 Å². The lowest BCUT2D eigenvalue weighted by molar-refractivity contribution is -0.183. The lowest BCUT2D eigenvalue weighted by Crippen LogP contribution is -2.45. The molecule has 4 nitrogen and oxygen atoms in total. The standard InChI is InChI=1S/C9H17F3N2O2S/c1-14(2)17(15,16)13-8-5-3-4-7(6-8)9(10,11)12/h7-8,13H,3-6H2,1-2H3/t7-,8-/m0/s1. The Balaban J connectivity index is 2.63. The second-order valence-electron chi connectivity index (χ2n) is 4.51. The van der Waals surface area contributed by atoms with Crippen molar-refractivity contribution in [3.05, 3.63) is 0 Å². The summed E-state index contributed by atoms with van der Waals surface area (Å²) in [5.41, 5.74) is 0. The van der Waals surface area contributed by atoms with Gasteiger partial charge >= 0.3 is 6.18 Å². The van der Waals surface area contributed by atoms with Gasteiger partial charge in [0.2, 0.25) is 0 Å². The summed E-state index contributed by atoms with van der Waals surface area (Å²) in [5, 5.41) is 0. The molecule has 0 bridgehead atoms. The van der Waals surface area contributed by atoms with Crippen LogP contribution in [0.15, 0.2) is 0 Å². The Kier molecular flexibility index (Phi) is 4.43. The van der Waals surface area contributed by atoms with E-state index in [1.54, 1.807) is 0 Å². The zero-order chi connectivity index (χ0) is 13.3. The minimum Gasteiger partial charge on any atom is -0.199 e. The van der Waals surface area contributed by atoms with Crippen LogP contribution < -0.4 is 4.72 Å². The zero-order valence-electron chi connectivity index (χ0n) is 9.79. The van der Waals surface area contributed by atoms with Crippen molar-refractivity contribution in [3.63, 3.8) is 0 Å². The van der Waals surface area contributed by atoms with Gasteiger partial charge in [-0.3, -0.25) is 0 Å². The van der Waals surface area contributed by atoms with Gasteiger partial charge < -0.3 is 0 Å². The van der Waals surface area contributed by atoms with Gasteiger partial charge in [0.05, 0.1) is 5.92 Å². The molecule has 0 unspecified atom stereocenters. The first kappa shape index (κ1) is 14.7. The van der Waals surface area contributed by atoms with Crippen molar-refractivity contribution in [1.29, 1.82) is 0 Å². The van der Waals surface area contributed by atoms with E-state index in [4.69, 9.17) is 0 Å². The van der Waals surface area contributed by atoms with E-state index in [1.165, 1.54) is 14.1 Å². The van der Waals surface area contributed by atoms with Crippen molar-refractivity contribution in [2.75, 3.05) is 14.1 Å². The molecule has 1 aliphatic carbocycles. The fourth-order valence-electron chi connectivity index (χ4n) is 1.91. The maximum Gasteiger partial charge on any atom is 0.391 e. The van der Waals surface area contributed by atoms with Crippen molar-refractivity contribution in [2.45, 2.75) is 37.9 Å². The smallest absolute Gasteiger partial charge is 0.199 e. The monoisotopic (exact) mass is 274 g/mol. The fourth-order valence-corrected chi connectivity index (χ4v) is 2.76. The number of nitrogens with one attached hydrogen (secondary N) is 1. The first-order valence-corrected chi connectivity index (χ1v) is 6.83. The predicted octanol–water partition coefficient (Wildman–Crippen LogP) is 1.50. The molecular formula is C9H17F3N2O2S. The summed E-state index contributed by atoms with van der Waals surface area (Å²) >= 11 is 0. The van der Waals surface area contributed by atoms with E-state index >= 15 is 0 Å². The van der Waals surface area contributed by atoms with Crippen molar-refractivity contribution in [2.24, 2.45) is 5.92 Å². The van der Waals surface area contributed by atoms with Crippen LogP contribution in [0.4, 0.5) is 13.2 Å². The molecule has 0 aromatic rings. The molecule has 0 aromatic heterocycles. The van der Waals surface area contributed by atoms with Gasteiger partial charge in [0.25, 0.3) is 10.2 Å². The number of halogens is 3. The molecule has 102 valence electrons. The number of hydrogen-bond acceptors (Lipinski definition) is 2. The van der Waals surface area contributed by atoms with Gasteiger partial charge in [-0.1, -0.05) is 6.42 Å². The SMILES string of the molecule is CN(C)S(=O)(=O)N[C@H]1CCC[C@H](C(F)(F)F)C1. The summed E-state index contributed by atoms with van der Waals surface area (Å²) in [6.07, 6.45) is -3.47. The molecule has 0 amide bonds. The molecule has 1 N–H and O–H groups in total. The molecule has 0 spiro atoms. The Bertz CT molecular complexity index is 354. The van der Waals surface area contributed by atoms with Gasteiger partial charge in [-0.15, -0.1) is 0 Å². The molecule has 1 saturated carbocycles. The van der Waals surface area contributed by atoms with Crippen molar-refractivity contribution >= 4 is 10.2 Å². The summed E-state index contributed by atoms with van der Waals surface area (Å²) in [7, 11) is -0.971. The average Bonchev–Trinajstić information content (AvgIpc) is 2.15. The van der Waals surface area contributed by atoms with E-state index in [0.29, 0.717) is 12.8 Å². The highest BCUT2D eigenvalue weighted by Gasteiger charge is 2.42. The summed E-state index contributed by atoms with van der Waals surface area (Å²) in [5.74, 6) is -1.40. The van der Waals surface area contributed by atoms with Crippen molar-refractivity contribution in [3.8, 4) is 0 Å². The molecule has 17 heavy (non-hydrogen) atoms. The van der Waals surface area contributed by atoms with E-state index in [-0.39, 0.29) is 12.8 Å². The van der Waals surface area contributed by atoms with Gasteiger partial charge in [0, 0.05) is 20.1 Å². The van der Waals surface area contributed by atoms with Gasteiger partial charge in [-0.25, -0.2) is 0 Å². The maximum absolute atomic E-state index is 12.5. The molecule has 0 radical (unpaired) electrons. The van der Waals surface area contributed by atoms with Crippen LogP contribution in [0.1, 0.15) is 25.7 Å². The second-order valence-corrected chi connectivity index (χ2v) is 6.42. The van der Waals surface area contributed by atoms with Crippen molar-refractivity contribution in [1.82, 2.24) is 9.03 Å². The second kappa shape index (κ2) is 5.11. The summed E-state index contributed by atoms with van der Waals surface area (Å²) in [6, 6.07) is -0.622. The molecule has 0 saturated heterocycles. The first-order valence-electron chi connectivity index (χ1n) is 5.39. The zero-order valence-corrected chi connectivity index (χ0v) is 10.6. The van der Waals surface area contributed by atoms with Gasteiger partial charge in [-0.05, 0) is 19.3 Å². The van der Waals surface area contributed by atoms with Crippen LogP contribution >= 0.6 is 0 Å². The van der Waals surface area contributed by atoms with Gasteiger partial charge in [0.15, 0.2) is 0 Å². The Morgan fingerprint density at radius 1 is 1.24 bits per heavy atom. The molecule has 0 heterocycles. The molecule has 1 rings (SSSR count). The molecule has 8 heteroatoms. The third-order valence-corrected chi connectivity index (χ3v) is 4.53. The Morgan fingerprint density at radius 2 is 1.82 bits per heavy atom. The molecule has 0 aromatic carbocycles. The summed E-state index contributed by atoms with van der Waals surface area (Å²) < 4.78 is 63.8. The molecule has 1 fully saturated rings. The third-order valence-electron chi connectivity index (χ3n) is 2.93. The average molecular weight is 274 g/mol. The van der Waals surface area contributed by atoms with Crippen LogP contribution in [-0.2, 0) is 10.2 Å². The summed E-state index contributed by atoms with van der Waals surface area (Å²) in [6.45, 7) is 0. The van der Waals surface area contributed by atoms with Crippen LogP contribution in [0.2, 0.25) is 0 Å². The third kappa shape index (κ3) is 4.11. The quantitative estimate of drug-likeness (QED) is 0.848. The largest absolute Gasteiger partial charge is 0.391 e. The topological polar surface area (TPSA) is 49.4 Å². The van der Waals surface area contributed by atoms with Crippen LogP contribution in [0, 0.1) is 5.92 Å². The predicted molar refractivity (Wildman–Crippen MR) is 57.5 cm³/mol. The van der Waals surface area contributed by atoms with E-state index in [0.717, 1.165) is 4.31 Å².